The number of halogens is 2. The number of allylic oxidation sites excluding steroid dienone is 2. The fourth-order valence-electron chi connectivity index (χ4n) is 4.44. The van der Waals surface area contributed by atoms with Crippen LogP contribution in [0.5, 0.6) is 0 Å². The minimum Gasteiger partial charge on any atom is -0.398 e. The lowest BCUT2D eigenvalue weighted by molar-refractivity contribution is -0.121. The maximum absolute atomic E-state index is 13.0. The number of hydrogen-bond acceptors (Lipinski definition) is 3. The molecule has 3 N–H and O–H groups in total. The summed E-state index contributed by atoms with van der Waals surface area (Å²) in [6, 6.07) is 12.6. The minimum atomic E-state index is -1.06. The highest BCUT2D eigenvalue weighted by Gasteiger charge is 2.51. The van der Waals surface area contributed by atoms with Crippen LogP contribution in [0.2, 0.25) is 10.0 Å². The van der Waals surface area contributed by atoms with Crippen molar-refractivity contribution in [2.45, 2.75) is 31.6 Å². The van der Waals surface area contributed by atoms with E-state index in [9.17, 15) is 9.59 Å². The summed E-state index contributed by atoms with van der Waals surface area (Å²) in [5.74, 6) is -0.812. The van der Waals surface area contributed by atoms with Crippen LogP contribution in [0.3, 0.4) is 0 Å². The average Bonchev–Trinajstić information content (AvgIpc) is 2.84. The highest BCUT2D eigenvalue weighted by molar-refractivity contribution is 6.31. The summed E-state index contributed by atoms with van der Waals surface area (Å²) in [5.41, 5.74) is 8.24. The van der Waals surface area contributed by atoms with Crippen LogP contribution in [0.15, 0.2) is 54.1 Å². The van der Waals surface area contributed by atoms with Gasteiger partial charge in [-0.15, -0.1) is 0 Å². The van der Waals surface area contributed by atoms with Gasteiger partial charge in [0.25, 0.3) is 0 Å². The fraction of sp³-hybridized carbons (Fsp3) is 0.304. The number of nitrogens with two attached hydrogens (primary N) is 1. The zero-order valence-electron chi connectivity index (χ0n) is 16.4. The zero-order chi connectivity index (χ0) is 21.2. The summed E-state index contributed by atoms with van der Waals surface area (Å²) in [6.07, 6.45) is 3.09. The Morgan fingerprint density at radius 1 is 1.21 bits per heavy atom. The highest BCUT2D eigenvalue weighted by Crippen LogP contribution is 2.50. The number of benzene rings is 2. The summed E-state index contributed by atoms with van der Waals surface area (Å²) >= 11 is 12.4. The SMILES string of the molecule is C/C=C(\C)[C@@H]1CC(=O)NC[C@H](c2cccc(Cl)c2)[C@]1(C=O)c1ccc(Cl)cc1N. The lowest BCUT2D eigenvalue weighted by Crippen LogP contribution is -2.45. The maximum Gasteiger partial charge on any atom is 0.220 e. The van der Waals surface area contributed by atoms with Gasteiger partial charge in [0.05, 0.1) is 5.41 Å². The molecule has 6 heteroatoms. The number of hydrogen-bond donors (Lipinski definition) is 2. The number of nitrogens with one attached hydrogen (secondary N) is 1. The molecule has 0 unspecified atom stereocenters. The third-order valence-electron chi connectivity index (χ3n) is 5.98. The van der Waals surface area contributed by atoms with Gasteiger partial charge in [-0.3, -0.25) is 4.79 Å². The van der Waals surface area contributed by atoms with Gasteiger partial charge in [0.2, 0.25) is 5.91 Å². The lowest BCUT2D eigenvalue weighted by atomic mass is 9.59. The van der Waals surface area contributed by atoms with Gasteiger partial charge in [-0.1, -0.05) is 53.1 Å². The molecule has 2 aromatic rings. The van der Waals surface area contributed by atoms with Crippen LogP contribution < -0.4 is 11.1 Å². The second kappa shape index (κ2) is 8.60. The quantitative estimate of drug-likeness (QED) is 0.411. The van der Waals surface area contributed by atoms with Gasteiger partial charge in [0, 0.05) is 40.5 Å². The standard InChI is InChI=1S/C23H24Cl2N2O2/c1-3-14(2)19-11-22(29)27-12-20(15-5-4-6-16(24)9-15)23(19,13-28)18-8-7-17(25)10-21(18)26/h3-10,13,19-20H,11-12,26H2,1-2H3,(H,27,29)/b14-3+/t19-,20+,23+/m0/s1. The number of anilines is 1. The van der Waals surface area contributed by atoms with E-state index in [2.05, 4.69) is 5.32 Å². The number of carbonyl (C=O) groups excluding carboxylic acids is 2. The van der Waals surface area contributed by atoms with Crippen molar-refractivity contribution in [2.75, 3.05) is 12.3 Å². The molecule has 3 rings (SSSR count). The van der Waals surface area contributed by atoms with Crippen molar-refractivity contribution in [1.82, 2.24) is 5.32 Å². The van der Waals surface area contributed by atoms with Gasteiger partial charge < -0.3 is 15.8 Å². The Balaban J connectivity index is 2.36. The first-order valence-electron chi connectivity index (χ1n) is 9.50. The van der Waals surface area contributed by atoms with Crippen molar-refractivity contribution in [3.05, 3.63) is 75.3 Å². The van der Waals surface area contributed by atoms with E-state index in [1.807, 2.05) is 38.1 Å². The average molecular weight is 431 g/mol. The molecule has 29 heavy (non-hydrogen) atoms. The van der Waals surface area contributed by atoms with Crippen LogP contribution in [-0.4, -0.2) is 18.7 Å². The van der Waals surface area contributed by atoms with Crippen molar-refractivity contribution in [3.63, 3.8) is 0 Å². The van der Waals surface area contributed by atoms with E-state index in [-0.39, 0.29) is 24.2 Å². The molecule has 0 radical (unpaired) electrons. The molecule has 1 amide bonds. The van der Waals surface area contributed by atoms with Crippen LogP contribution in [0.1, 0.15) is 37.3 Å². The van der Waals surface area contributed by atoms with Gasteiger partial charge >= 0.3 is 0 Å². The highest BCUT2D eigenvalue weighted by atomic mass is 35.5. The first-order valence-corrected chi connectivity index (χ1v) is 10.3. The first-order chi connectivity index (χ1) is 13.8. The van der Waals surface area contributed by atoms with E-state index >= 15 is 0 Å². The van der Waals surface area contributed by atoms with Crippen LogP contribution in [0.25, 0.3) is 0 Å². The fourth-order valence-corrected chi connectivity index (χ4v) is 4.82. The lowest BCUT2D eigenvalue weighted by Gasteiger charge is -2.42. The van der Waals surface area contributed by atoms with Crippen LogP contribution in [0, 0.1) is 5.92 Å². The number of carbonyl (C=O) groups is 2. The number of rotatable bonds is 4. The van der Waals surface area contributed by atoms with Gasteiger partial charge in [0.15, 0.2) is 0 Å². The Labute approximate surface area is 181 Å². The predicted molar refractivity (Wildman–Crippen MR) is 118 cm³/mol. The molecular weight excluding hydrogens is 407 g/mol. The van der Waals surface area contributed by atoms with E-state index < -0.39 is 5.41 Å². The second-order valence-electron chi connectivity index (χ2n) is 7.48. The maximum atomic E-state index is 13.0. The Morgan fingerprint density at radius 2 is 1.93 bits per heavy atom. The Bertz CT molecular complexity index is 973. The second-order valence-corrected chi connectivity index (χ2v) is 8.36. The van der Waals surface area contributed by atoms with Crippen LogP contribution >= 0.6 is 23.2 Å². The largest absolute Gasteiger partial charge is 0.398 e. The summed E-state index contributed by atoms with van der Waals surface area (Å²) < 4.78 is 0. The molecule has 0 bridgehead atoms. The van der Waals surface area contributed by atoms with E-state index in [0.29, 0.717) is 27.8 Å². The molecule has 0 saturated carbocycles. The Morgan fingerprint density at radius 3 is 2.55 bits per heavy atom. The van der Waals surface area contributed by atoms with Gasteiger partial charge in [-0.2, -0.15) is 0 Å². The molecule has 2 aromatic carbocycles. The monoisotopic (exact) mass is 430 g/mol. The zero-order valence-corrected chi connectivity index (χ0v) is 17.9. The molecule has 1 fully saturated rings. The summed E-state index contributed by atoms with van der Waals surface area (Å²) in [6.45, 7) is 4.16. The molecule has 152 valence electrons. The van der Waals surface area contributed by atoms with E-state index in [1.54, 1.807) is 24.3 Å². The molecule has 0 spiro atoms. The van der Waals surface area contributed by atoms with Crippen LogP contribution in [-0.2, 0) is 15.0 Å². The smallest absolute Gasteiger partial charge is 0.220 e. The predicted octanol–water partition coefficient (Wildman–Crippen LogP) is 4.90. The minimum absolute atomic E-state index is 0.0977. The van der Waals surface area contributed by atoms with Crippen molar-refractivity contribution >= 4 is 41.1 Å². The summed E-state index contributed by atoms with van der Waals surface area (Å²) in [5, 5.41) is 4.04. The molecule has 1 heterocycles. The third kappa shape index (κ3) is 3.92. The van der Waals surface area contributed by atoms with Crippen molar-refractivity contribution < 1.29 is 9.59 Å². The first kappa shape index (κ1) is 21.4. The molecule has 3 atom stereocenters. The molecule has 0 aromatic heterocycles. The molecular formula is C23H24Cl2N2O2. The van der Waals surface area contributed by atoms with Crippen molar-refractivity contribution in [1.29, 1.82) is 0 Å². The van der Waals surface area contributed by atoms with Gasteiger partial charge in [-0.25, -0.2) is 0 Å². The number of nitrogen functional groups attached to an aromatic ring is 1. The Hall–Kier alpha value is -2.30. The molecule has 1 aliphatic heterocycles. The van der Waals surface area contributed by atoms with Gasteiger partial charge in [-0.05, 0) is 49.2 Å². The summed E-state index contributed by atoms with van der Waals surface area (Å²) in [7, 11) is 0. The van der Waals surface area contributed by atoms with Crippen molar-refractivity contribution in [3.8, 4) is 0 Å². The van der Waals surface area contributed by atoms with Crippen LogP contribution in [0.4, 0.5) is 5.69 Å². The van der Waals surface area contributed by atoms with Crippen molar-refractivity contribution in [2.24, 2.45) is 5.92 Å². The number of aldehydes is 1. The van der Waals surface area contributed by atoms with E-state index in [4.69, 9.17) is 28.9 Å². The van der Waals surface area contributed by atoms with E-state index in [1.165, 1.54) is 0 Å². The molecule has 0 aliphatic carbocycles. The third-order valence-corrected chi connectivity index (χ3v) is 6.45. The van der Waals surface area contributed by atoms with E-state index in [0.717, 1.165) is 17.4 Å². The number of amides is 1. The molecule has 4 nitrogen and oxygen atoms in total. The summed E-state index contributed by atoms with van der Waals surface area (Å²) in [4.78, 5) is 25.6. The molecule has 1 aliphatic rings. The normalized spacial score (nSPS) is 25.2. The molecule has 1 saturated heterocycles. The van der Waals surface area contributed by atoms with Gasteiger partial charge in [0.1, 0.15) is 6.29 Å². The topological polar surface area (TPSA) is 72.2 Å². The Kier molecular flexibility index (Phi) is 6.35.